The summed E-state index contributed by atoms with van der Waals surface area (Å²) in [5, 5.41) is 11.7. The Morgan fingerprint density at radius 1 is 1.04 bits per heavy atom. The second kappa shape index (κ2) is 9.68. The monoisotopic (exact) mass is 426 g/mol. The van der Waals surface area contributed by atoms with Crippen LogP contribution in [0.25, 0.3) is 0 Å². The van der Waals surface area contributed by atoms with E-state index in [2.05, 4.69) is 37.8 Å². The number of benzene rings is 2. The van der Waals surface area contributed by atoms with Crippen molar-refractivity contribution in [3.05, 3.63) is 83.4 Å². The maximum absolute atomic E-state index is 5.89. The summed E-state index contributed by atoms with van der Waals surface area (Å²) in [5.41, 5.74) is 1.95. The normalized spacial score (nSPS) is 10.9. The van der Waals surface area contributed by atoms with E-state index >= 15 is 0 Å². The van der Waals surface area contributed by atoms with Gasteiger partial charge in [-0.25, -0.2) is 4.68 Å². The van der Waals surface area contributed by atoms with Crippen LogP contribution in [0.3, 0.4) is 0 Å². The number of para-hydroxylation sites is 1. The molecule has 2 aromatic carbocycles. The second-order valence-corrected chi connectivity index (χ2v) is 6.48. The van der Waals surface area contributed by atoms with Gasteiger partial charge in [-0.1, -0.05) is 40.2 Å². The van der Waals surface area contributed by atoms with Crippen LogP contribution in [0.15, 0.2) is 77.3 Å². The van der Waals surface area contributed by atoms with Crippen molar-refractivity contribution in [2.75, 3.05) is 13.2 Å². The summed E-state index contributed by atoms with van der Waals surface area (Å²) in [5.74, 6) is 1.57. The van der Waals surface area contributed by atoms with Crippen LogP contribution in [0, 0.1) is 0 Å². The zero-order valence-corrected chi connectivity index (χ0v) is 16.2. The van der Waals surface area contributed by atoms with Gasteiger partial charge >= 0.3 is 0 Å². The standard InChI is InChI=1S/C20H19BrN4O2/c1-2-5-16-6-3-4-7-19(16)26-10-11-27-20-9-8-18(21)12-17(20)13-24-25-14-22-23-15-25/h2-4,6-9,12-15H,1,5,10-11H2. The molecule has 0 N–H and O–H groups in total. The Bertz CT molecular complexity index is 910. The van der Waals surface area contributed by atoms with Crippen molar-refractivity contribution >= 4 is 22.1 Å². The van der Waals surface area contributed by atoms with Crippen molar-refractivity contribution in [1.29, 1.82) is 0 Å². The molecule has 0 amide bonds. The van der Waals surface area contributed by atoms with E-state index in [-0.39, 0.29) is 0 Å². The molecule has 0 spiro atoms. The van der Waals surface area contributed by atoms with E-state index in [0.717, 1.165) is 33.5 Å². The number of hydrogen-bond donors (Lipinski definition) is 0. The van der Waals surface area contributed by atoms with Gasteiger partial charge in [0.1, 0.15) is 37.4 Å². The van der Waals surface area contributed by atoms with Crippen molar-refractivity contribution in [3.8, 4) is 11.5 Å². The smallest absolute Gasteiger partial charge is 0.141 e. The van der Waals surface area contributed by atoms with E-state index in [1.165, 1.54) is 17.3 Å². The second-order valence-electron chi connectivity index (χ2n) is 5.57. The molecule has 1 aromatic heterocycles. The molecule has 3 rings (SSSR count). The summed E-state index contributed by atoms with van der Waals surface area (Å²) in [7, 11) is 0. The maximum Gasteiger partial charge on any atom is 0.141 e. The number of nitrogens with zero attached hydrogens (tertiary/aromatic N) is 4. The lowest BCUT2D eigenvalue weighted by Crippen LogP contribution is -2.11. The first kappa shape index (κ1) is 18.8. The Hall–Kier alpha value is -2.93. The first-order valence-electron chi connectivity index (χ1n) is 8.39. The number of allylic oxidation sites excluding steroid dienone is 1. The zero-order chi connectivity index (χ0) is 18.9. The third-order valence-electron chi connectivity index (χ3n) is 3.64. The summed E-state index contributed by atoms with van der Waals surface area (Å²) < 4.78 is 14.2. The predicted molar refractivity (Wildman–Crippen MR) is 108 cm³/mol. The van der Waals surface area contributed by atoms with Crippen molar-refractivity contribution in [2.45, 2.75) is 6.42 Å². The summed E-state index contributed by atoms with van der Waals surface area (Å²) in [6, 6.07) is 13.7. The average Bonchev–Trinajstić information content (AvgIpc) is 3.20. The highest BCUT2D eigenvalue weighted by atomic mass is 79.9. The van der Waals surface area contributed by atoms with Crippen LogP contribution in [0.5, 0.6) is 11.5 Å². The highest BCUT2D eigenvalue weighted by Crippen LogP contribution is 2.22. The van der Waals surface area contributed by atoms with Gasteiger partial charge in [-0.05, 0) is 36.2 Å². The SMILES string of the molecule is C=CCc1ccccc1OCCOc1ccc(Br)cc1C=Nn1cnnc1. The molecule has 6 nitrogen and oxygen atoms in total. The Morgan fingerprint density at radius 3 is 2.56 bits per heavy atom. The molecule has 3 aromatic rings. The fourth-order valence-corrected chi connectivity index (χ4v) is 2.79. The molecular formula is C20H19BrN4O2. The lowest BCUT2D eigenvalue weighted by atomic mass is 10.1. The molecule has 138 valence electrons. The lowest BCUT2D eigenvalue weighted by Gasteiger charge is -2.12. The van der Waals surface area contributed by atoms with Gasteiger partial charge in [-0.2, -0.15) is 5.10 Å². The van der Waals surface area contributed by atoms with E-state index in [1.807, 2.05) is 48.5 Å². The van der Waals surface area contributed by atoms with Crippen LogP contribution in [-0.4, -0.2) is 34.3 Å². The third kappa shape index (κ3) is 5.52. The van der Waals surface area contributed by atoms with Crippen molar-refractivity contribution < 1.29 is 9.47 Å². The molecule has 0 unspecified atom stereocenters. The largest absolute Gasteiger partial charge is 0.490 e. The first-order chi connectivity index (χ1) is 13.3. The van der Waals surface area contributed by atoms with Crippen LogP contribution < -0.4 is 9.47 Å². The highest BCUT2D eigenvalue weighted by Gasteiger charge is 2.05. The van der Waals surface area contributed by atoms with E-state index in [1.54, 1.807) is 6.21 Å². The van der Waals surface area contributed by atoms with Crippen molar-refractivity contribution in [2.24, 2.45) is 5.10 Å². The van der Waals surface area contributed by atoms with Gasteiger partial charge in [-0.3, -0.25) is 0 Å². The molecule has 0 aliphatic carbocycles. The fourth-order valence-electron chi connectivity index (χ4n) is 2.41. The summed E-state index contributed by atoms with van der Waals surface area (Å²) >= 11 is 3.47. The zero-order valence-electron chi connectivity index (χ0n) is 14.7. The average molecular weight is 427 g/mol. The van der Waals surface area contributed by atoms with Gasteiger partial charge in [0.2, 0.25) is 0 Å². The first-order valence-corrected chi connectivity index (χ1v) is 9.18. The maximum atomic E-state index is 5.89. The quantitative estimate of drug-likeness (QED) is 0.293. The van der Waals surface area contributed by atoms with Gasteiger partial charge in [0, 0.05) is 10.0 Å². The molecule has 0 aliphatic rings. The Morgan fingerprint density at radius 2 is 1.78 bits per heavy atom. The molecule has 27 heavy (non-hydrogen) atoms. The minimum Gasteiger partial charge on any atom is -0.490 e. The van der Waals surface area contributed by atoms with Gasteiger partial charge < -0.3 is 9.47 Å². The van der Waals surface area contributed by atoms with Crippen LogP contribution in [0.4, 0.5) is 0 Å². The number of ether oxygens (including phenoxy) is 2. The van der Waals surface area contributed by atoms with E-state index in [0.29, 0.717) is 13.2 Å². The van der Waals surface area contributed by atoms with Crippen LogP contribution >= 0.6 is 15.9 Å². The Labute approximate surface area is 166 Å². The van der Waals surface area contributed by atoms with E-state index < -0.39 is 0 Å². The third-order valence-corrected chi connectivity index (χ3v) is 4.14. The molecule has 0 radical (unpaired) electrons. The summed E-state index contributed by atoms with van der Waals surface area (Å²) in [6.07, 6.45) is 7.37. The van der Waals surface area contributed by atoms with Gasteiger partial charge in [0.05, 0.1) is 6.21 Å². The number of hydrogen-bond acceptors (Lipinski definition) is 5. The topological polar surface area (TPSA) is 61.5 Å². The summed E-state index contributed by atoms with van der Waals surface area (Å²) in [4.78, 5) is 0. The van der Waals surface area contributed by atoms with Gasteiger partial charge in [-0.15, -0.1) is 16.8 Å². The minimum absolute atomic E-state index is 0.414. The minimum atomic E-state index is 0.414. The number of aromatic nitrogens is 3. The van der Waals surface area contributed by atoms with E-state index in [9.17, 15) is 0 Å². The fraction of sp³-hybridized carbons (Fsp3) is 0.150. The molecule has 0 saturated heterocycles. The molecule has 0 fully saturated rings. The molecule has 7 heteroatoms. The van der Waals surface area contributed by atoms with Crippen molar-refractivity contribution in [3.63, 3.8) is 0 Å². The van der Waals surface area contributed by atoms with Crippen molar-refractivity contribution in [1.82, 2.24) is 14.9 Å². The highest BCUT2D eigenvalue weighted by molar-refractivity contribution is 9.10. The molecular weight excluding hydrogens is 408 g/mol. The molecule has 0 aliphatic heterocycles. The molecule has 0 bridgehead atoms. The van der Waals surface area contributed by atoms with Crippen LogP contribution in [0.1, 0.15) is 11.1 Å². The molecule has 0 atom stereocenters. The predicted octanol–water partition coefficient (Wildman–Crippen LogP) is 4.11. The molecule has 1 heterocycles. The van der Waals surface area contributed by atoms with Gasteiger partial charge in [0.15, 0.2) is 0 Å². The Balaban J connectivity index is 1.60. The van der Waals surface area contributed by atoms with Gasteiger partial charge in [0.25, 0.3) is 0 Å². The van der Waals surface area contributed by atoms with E-state index in [4.69, 9.17) is 9.47 Å². The Kier molecular flexibility index (Phi) is 6.76. The van der Waals surface area contributed by atoms with Crippen LogP contribution in [-0.2, 0) is 6.42 Å². The number of rotatable bonds is 9. The number of halogens is 1. The molecule has 0 saturated carbocycles. The van der Waals surface area contributed by atoms with Crippen LogP contribution in [0.2, 0.25) is 0 Å². The lowest BCUT2D eigenvalue weighted by molar-refractivity contribution is 0.216. The summed E-state index contributed by atoms with van der Waals surface area (Å²) in [6.45, 7) is 4.63.